The average molecular weight is 160 g/mol. The van der Waals surface area contributed by atoms with Crippen LogP contribution in [0.5, 0.6) is 0 Å². The summed E-state index contributed by atoms with van der Waals surface area (Å²) in [6, 6.07) is 7.23. The van der Waals surface area contributed by atoms with Gasteiger partial charge in [0.05, 0.1) is 5.30 Å². The molecule has 2 nitrogen and oxygen atoms in total. The highest BCUT2D eigenvalue weighted by atomic mass is 31.2. The van der Waals surface area contributed by atoms with Crippen LogP contribution in [-0.2, 0) is 4.57 Å². The van der Waals surface area contributed by atoms with Crippen molar-refractivity contribution in [3.05, 3.63) is 30.3 Å². The molecule has 0 aliphatic rings. The lowest BCUT2D eigenvalue weighted by atomic mass is 10.4. The lowest BCUT2D eigenvalue weighted by molar-refractivity contribution is 0.443. The van der Waals surface area contributed by atoms with Crippen LogP contribution < -0.4 is 5.30 Å². The quantitative estimate of drug-likeness (QED) is 0.631. The highest BCUT2D eigenvalue weighted by Crippen LogP contribution is 2.40. The van der Waals surface area contributed by atoms with Gasteiger partial charge in [0, 0.05) is 0 Å². The van der Waals surface area contributed by atoms with Gasteiger partial charge in [-0.2, -0.15) is 4.20 Å². The molecule has 0 saturated heterocycles. The van der Waals surface area contributed by atoms with Gasteiger partial charge in [-0.05, 0) is 12.1 Å². The number of rotatable bonds is 1. The van der Waals surface area contributed by atoms with Crippen molar-refractivity contribution in [2.45, 2.75) is 0 Å². The molecule has 1 atom stereocenters. The first-order valence-electron chi connectivity index (χ1n) is 2.69. The molecular weight excluding hydrogens is 154 g/mol. The van der Waals surface area contributed by atoms with Crippen molar-refractivity contribution in [3.63, 3.8) is 0 Å². The molecule has 1 aromatic rings. The van der Waals surface area contributed by atoms with Gasteiger partial charge in [-0.15, -0.1) is 0 Å². The minimum atomic E-state index is -4.52. The van der Waals surface area contributed by atoms with Crippen LogP contribution in [0.2, 0.25) is 0 Å². The second-order valence-electron chi connectivity index (χ2n) is 1.84. The molecule has 4 heteroatoms. The summed E-state index contributed by atoms with van der Waals surface area (Å²) in [5, 5.41) is -0.157. The van der Waals surface area contributed by atoms with Crippen molar-refractivity contribution in [3.8, 4) is 0 Å². The number of hydrogen-bond donors (Lipinski definition) is 1. The molecule has 0 radical (unpaired) electrons. The van der Waals surface area contributed by atoms with Crippen LogP contribution in [0.15, 0.2) is 30.3 Å². The first-order valence-corrected chi connectivity index (χ1v) is 4.24. The zero-order valence-electron chi connectivity index (χ0n) is 5.07. The smallest absolute Gasteiger partial charge is 0.318 e. The van der Waals surface area contributed by atoms with Gasteiger partial charge in [0.1, 0.15) is 0 Å². The van der Waals surface area contributed by atoms with Crippen molar-refractivity contribution < 1.29 is 13.7 Å². The molecule has 0 bridgehead atoms. The molecule has 0 aromatic heterocycles. The minimum absolute atomic E-state index is 0.157. The molecule has 0 spiro atoms. The van der Waals surface area contributed by atoms with Gasteiger partial charge < -0.3 is 4.89 Å². The zero-order chi connectivity index (χ0) is 7.61. The van der Waals surface area contributed by atoms with Crippen LogP contribution >= 0.6 is 7.68 Å². The molecule has 0 aliphatic heterocycles. The van der Waals surface area contributed by atoms with Crippen molar-refractivity contribution in [2.24, 2.45) is 0 Å². The van der Waals surface area contributed by atoms with Crippen molar-refractivity contribution in [1.82, 2.24) is 0 Å². The zero-order valence-corrected chi connectivity index (χ0v) is 5.96. The Labute approximate surface area is 57.9 Å². The van der Waals surface area contributed by atoms with Crippen LogP contribution in [0.25, 0.3) is 0 Å². The molecule has 0 amide bonds. The molecule has 10 heavy (non-hydrogen) atoms. The Hall–Kier alpha value is -0.660. The van der Waals surface area contributed by atoms with Gasteiger partial charge in [-0.3, -0.25) is 0 Å². The van der Waals surface area contributed by atoms with Crippen molar-refractivity contribution in [2.75, 3.05) is 0 Å². The summed E-state index contributed by atoms with van der Waals surface area (Å²) in [5.74, 6) is 0. The standard InChI is InChI=1S/C6H6FO2P/c7-10(8,9)6-4-2-1-3-5-6/h1-5H,(H,8,9). The Balaban J connectivity index is 3.09. The largest absolute Gasteiger partial charge is 0.395 e. The third-order valence-electron chi connectivity index (χ3n) is 1.07. The van der Waals surface area contributed by atoms with Gasteiger partial charge in [0.25, 0.3) is 0 Å². The second-order valence-corrected chi connectivity index (χ2v) is 3.36. The van der Waals surface area contributed by atoms with E-state index < -0.39 is 7.68 Å². The number of halogens is 1. The van der Waals surface area contributed by atoms with E-state index in [9.17, 15) is 8.76 Å². The maximum absolute atomic E-state index is 12.2. The summed E-state index contributed by atoms with van der Waals surface area (Å²) >= 11 is 0. The molecule has 1 rings (SSSR count). The highest BCUT2D eigenvalue weighted by molar-refractivity contribution is 7.60. The molecule has 0 heterocycles. The Morgan fingerprint density at radius 3 is 2.10 bits per heavy atom. The van der Waals surface area contributed by atoms with E-state index in [0.29, 0.717) is 0 Å². The van der Waals surface area contributed by atoms with Crippen LogP contribution in [-0.4, -0.2) is 4.89 Å². The van der Waals surface area contributed by atoms with E-state index in [1.54, 1.807) is 6.07 Å². The fourth-order valence-electron chi connectivity index (χ4n) is 0.612. The maximum atomic E-state index is 12.2. The van der Waals surface area contributed by atoms with Crippen molar-refractivity contribution >= 4 is 13.0 Å². The molecule has 0 fully saturated rings. The average Bonchev–Trinajstić information content (AvgIpc) is 1.88. The van der Waals surface area contributed by atoms with Crippen LogP contribution in [0.3, 0.4) is 0 Å². The van der Waals surface area contributed by atoms with E-state index in [4.69, 9.17) is 4.89 Å². The number of hydrogen-bond acceptors (Lipinski definition) is 1. The molecule has 1 unspecified atom stereocenters. The Morgan fingerprint density at radius 1 is 1.30 bits per heavy atom. The van der Waals surface area contributed by atoms with Crippen molar-refractivity contribution in [1.29, 1.82) is 0 Å². The Morgan fingerprint density at radius 2 is 1.80 bits per heavy atom. The van der Waals surface area contributed by atoms with E-state index in [2.05, 4.69) is 0 Å². The molecule has 0 aliphatic carbocycles. The molecule has 54 valence electrons. The summed E-state index contributed by atoms with van der Waals surface area (Å²) in [6.45, 7) is 0. The monoisotopic (exact) mass is 160 g/mol. The Bertz CT molecular complexity index is 254. The number of benzene rings is 1. The normalized spacial score (nSPS) is 16.2. The fourth-order valence-corrected chi connectivity index (χ4v) is 1.15. The highest BCUT2D eigenvalue weighted by Gasteiger charge is 2.17. The van der Waals surface area contributed by atoms with Gasteiger partial charge in [-0.25, -0.2) is 4.57 Å². The third-order valence-corrected chi connectivity index (χ3v) is 2.01. The van der Waals surface area contributed by atoms with E-state index in [1.807, 2.05) is 0 Å². The molecular formula is C6H6FO2P. The van der Waals surface area contributed by atoms with Crippen LogP contribution in [0.4, 0.5) is 4.20 Å². The summed E-state index contributed by atoms with van der Waals surface area (Å²) in [5.41, 5.74) is 0. The molecule has 1 aromatic carbocycles. The summed E-state index contributed by atoms with van der Waals surface area (Å²) in [4.78, 5) is 8.38. The van der Waals surface area contributed by atoms with Gasteiger partial charge in [0.2, 0.25) is 0 Å². The summed E-state index contributed by atoms with van der Waals surface area (Å²) < 4.78 is 22.5. The minimum Gasteiger partial charge on any atom is -0.318 e. The summed E-state index contributed by atoms with van der Waals surface area (Å²) in [7, 11) is -4.52. The first kappa shape index (κ1) is 7.45. The molecule has 1 N–H and O–H groups in total. The van der Waals surface area contributed by atoms with Crippen LogP contribution in [0, 0.1) is 0 Å². The van der Waals surface area contributed by atoms with E-state index >= 15 is 0 Å². The van der Waals surface area contributed by atoms with E-state index in [-0.39, 0.29) is 5.30 Å². The predicted molar refractivity (Wildman–Crippen MR) is 37.0 cm³/mol. The SMILES string of the molecule is O=P(O)(F)c1ccccc1. The summed E-state index contributed by atoms with van der Waals surface area (Å²) in [6.07, 6.45) is 0. The van der Waals surface area contributed by atoms with Gasteiger partial charge in [-0.1, -0.05) is 18.2 Å². The first-order chi connectivity index (χ1) is 4.61. The molecule has 0 saturated carbocycles. The van der Waals surface area contributed by atoms with Gasteiger partial charge in [0.15, 0.2) is 0 Å². The van der Waals surface area contributed by atoms with Gasteiger partial charge >= 0.3 is 7.68 Å². The topological polar surface area (TPSA) is 37.3 Å². The maximum Gasteiger partial charge on any atom is 0.395 e. The second kappa shape index (κ2) is 2.52. The third kappa shape index (κ3) is 1.66. The van der Waals surface area contributed by atoms with Crippen LogP contribution in [0.1, 0.15) is 0 Å². The lowest BCUT2D eigenvalue weighted by Gasteiger charge is -1.97. The van der Waals surface area contributed by atoms with E-state index in [0.717, 1.165) is 0 Å². The fraction of sp³-hybridized carbons (Fsp3) is 0. The van der Waals surface area contributed by atoms with E-state index in [1.165, 1.54) is 24.3 Å². The Kier molecular flexibility index (Phi) is 1.88. The lowest BCUT2D eigenvalue weighted by Crippen LogP contribution is -1.97. The predicted octanol–water partition coefficient (Wildman–Crippen LogP) is 1.47.